The Morgan fingerprint density at radius 1 is 1.18 bits per heavy atom. The van der Waals surface area contributed by atoms with Gasteiger partial charge in [-0.2, -0.15) is 15.1 Å². The van der Waals surface area contributed by atoms with Crippen molar-refractivity contribution in [2.24, 2.45) is 10.1 Å². The summed E-state index contributed by atoms with van der Waals surface area (Å²) >= 11 is 1.16. The highest BCUT2D eigenvalue weighted by Gasteiger charge is 2.36. The van der Waals surface area contributed by atoms with Crippen LogP contribution in [0, 0.1) is 15.5 Å². The quantitative estimate of drug-likeness (QED) is 0.318. The van der Waals surface area contributed by atoms with Crippen LogP contribution in [0.25, 0.3) is 6.08 Å². The molecule has 0 spiro atoms. The van der Waals surface area contributed by atoms with E-state index in [0.717, 1.165) is 17.3 Å². The number of nitrogens with zero attached hydrogens (tertiary/aromatic N) is 4. The fraction of sp³-hybridized carbons (Fsp3) is 0.0435. The number of nitro groups is 1. The van der Waals surface area contributed by atoms with Crippen molar-refractivity contribution in [3.8, 4) is 5.75 Å². The van der Waals surface area contributed by atoms with Crippen molar-refractivity contribution in [2.45, 2.75) is 6.61 Å². The summed E-state index contributed by atoms with van der Waals surface area (Å²) in [4.78, 5) is 27.0. The van der Waals surface area contributed by atoms with E-state index in [-0.39, 0.29) is 23.7 Å². The lowest BCUT2D eigenvalue weighted by molar-refractivity contribution is -0.384. The second kappa shape index (κ2) is 8.79. The third-order valence-electron chi connectivity index (χ3n) is 4.91. The van der Waals surface area contributed by atoms with Gasteiger partial charge in [0.05, 0.1) is 16.8 Å². The van der Waals surface area contributed by atoms with Gasteiger partial charge in [0.25, 0.3) is 11.6 Å². The zero-order chi connectivity index (χ0) is 23.7. The van der Waals surface area contributed by atoms with Crippen molar-refractivity contribution in [1.82, 2.24) is 5.01 Å². The number of hydrazone groups is 1. The van der Waals surface area contributed by atoms with Crippen molar-refractivity contribution in [3.63, 3.8) is 0 Å². The number of amides is 1. The van der Waals surface area contributed by atoms with Gasteiger partial charge in [0, 0.05) is 12.1 Å². The molecular formula is C23H15N5O5S. The molecule has 3 heterocycles. The van der Waals surface area contributed by atoms with Crippen LogP contribution >= 0.6 is 11.8 Å². The van der Waals surface area contributed by atoms with Gasteiger partial charge in [0.1, 0.15) is 12.4 Å². The van der Waals surface area contributed by atoms with E-state index < -0.39 is 10.8 Å². The number of carbonyl (C=O) groups excluding carboxylic acids is 1. The van der Waals surface area contributed by atoms with Crippen molar-refractivity contribution < 1.29 is 18.9 Å². The molecule has 1 amide bonds. The molecule has 0 atom stereocenters. The molecule has 0 unspecified atom stereocenters. The molecule has 3 aromatic rings. The summed E-state index contributed by atoms with van der Waals surface area (Å²) in [5.41, 5.74) is 1.54. The number of fused-ring (bicyclic) bond motifs is 1. The minimum Gasteiger partial charge on any atom is -0.489 e. The van der Waals surface area contributed by atoms with Crippen molar-refractivity contribution in [3.05, 3.63) is 99.5 Å². The van der Waals surface area contributed by atoms with Crippen LogP contribution in [0.15, 0.2) is 87.0 Å². The van der Waals surface area contributed by atoms with Crippen LogP contribution in [0.5, 0.6) is 5.75 Å². The molecule has 2 aliphatic rings. The average molecular weight is 473 g/mol. The highest BCUT2D eigenvalue weighted by molar-refractivity contribution is 8.27. The monoisotopic (exact) mass is 473 g/mol. The molecule has 0 bridgehead atoms. The van der Waals surface area contributed by atoms with Gasteiger partial charge >= 0.3 is 0 Å². The topological polar surface area (TPSA) is 134 Å². The maximum Gasteiger partial charge on any atom is 0.283 e. The zero-order valence-electron chi connectivity index (χ0n) is 17.4. The van der Waals surface area contributed by atoms with Crippen molar-refractivity contribution >= 4 is 45.5 Å². The highest BCUT2D eigenvalue weighted by atomic mass is 32.2. The Bertz CT molecular complexity index is 1390. The van der Waals surface area contributed by atoms with E-state index in [2.05, 4.69) is 10.1 Å². The van der Waals surface area contributed by atoms with E-state index >= 15 is 0 Å². The van der Waals surface area contributed by atoms with E-state index in [0.29, 0.717) is 27.3 Å². The van der Waals surface area contributed by atoms with E-state index in [9.17, 15) is 14.9 Å². The number of hydrogen-bond acceptors (Lipinski definition) is 8. The number of ether oxygens (including phenoxy) is 1. The minimum absolute atomic E-state index is 0.0137. The van der Waals surface area contributed by atoms with E-state index in [1.807, 2.05) is 0 Å². The van der Waals surface area contributed by atoms with Gasteiger partial charge in [-0.25, -0.2) is 0 Å². The number of benzene rings is 2. The zero-order valence-corrected chi connectivity index (χ0v) is 18.2. The summed E-state index contributed by atoms with van der Waals surface area (Å²) in [7, 11) is 0. The summed E-state index contributed by atoms with van der Waals surface area (Å²) in [5.74, 6) is 0.463. The van der Waals surface area contributed by atoms with Crippen molar-refractivity contribution in [2.75, 3.05) is 0 Å². The lowest BCUT2D eigenvalue weighted by Crippen LogP contribution is -2.35. The van der Waals surface area contributed by atoms with Gasteiger partial charge in [0.15, 0.2) is 16.6 Å². The molecular weight excluding hydrogens is 458 g/mol. The number of rotatable bonds is 6. The molecule has 2 aliphatic heterocycles. The summed E-state index contributed by atoms with van der Waals surface area (Å²) in [6, 6.07) is 16.6. The third-order valence-corrected chi connectivity index (χ3v) is 5.83. The molecule has 5 rings (SSSR count). The van der Waals surface area contributed by atoms with Crippen molar-refractivity contribution in [1.29, 1.82) is 5.41 Å². The first-order valence-corrected chi connectivity index (χ1v) is 10.8. The van der Waals surface area contributed by atoms with Gasteiger partial charge in [-0.1, -0.05) is 12.1 Å². The number of furan rings is 1. The van der Waals surface area contributed by atoms with Crippen LogP contribution in [-0.4, -0.2) is 31.9 Å². The molecule has 1 N–H and O–H groups in total. The number of non-ortho nitro benzene ring substituents is 1. The Balaban J connectivity index is 1.33. The summed E-state index contributed by atoms with van der Waals surface area (Å²) in [6.07, 6.45) is 3.09. The highest BCUT2D eigenvalue weighted by Crippen LogP contribution is 2.31. The predicted octanol–water partition coefficient (Wildman–Crippen LogP) is 4.43. The molecule has 34 heavy (non-hydrogen) atoms. The standard InChI is InChI=1S/C23H15N5O5S/c24-20-18(21(29)25-23-27(20)26-22(34-23)19-5-2-10-32-19)12-15-3-1-4-17(11-15)33-13-14-6-8-16(9-7-14)28(30)31/h1-12,24H,13H2. The summed E-state index contributed by atoms with van der Waals surface area (Å²) < 4.78 is 11.1. The fourth-order valence-corrected chi connectivity index (χ4v) is 4.09. The first-order chi connectivity index (χ1) is 16.5. The van der Waals surface area contributed by atoms with Gasteiger partial charge in [-0.3, -0.25) is 20.3 Å². The second-order valence-corrected chi connectivity index (χ2v) is 8.14. The summed E-state index contributed by atoms with van der Waals surface area (Å²) in [5, 5.41) is 25.8. The first kappa shape index (κ1) is 21.3. The lowest BCUT2D eigenvalue weighted by Gasteiger charge is -2.20. The predicted molar refractivity (Wildman–Crippen MR) is 127 cm³/mol. The second-order valence-electron chi connectivity index (χ2n) is 7.19. The normalized spacial score (nSPS) is 16.4. The molecule has 168 valence electrons. The number of carbonyl (C=O) groups is 1. The summed E-state index contributed by atoms with van der Waals surface area (Å²) in [6.45, 7) is 0.218. The Morgan fingerprint density at radius 2 is 2.00 bits per heavy atom. The number of hydrogen-bond donors (Lipinski definition) is 1. The Kier molecular flexibility index (Phi) is 5.52. The molecule has 0 saturated carbocycles. The molecule has 11 heteroatoms. The number of amidine groups is 2. The van der Waals surface area contributed by atoms with Crippen LogP contribution in [0.1, 0.15) is 16.9 Å². The van der Waals surface area contributed by atoms with Gasteiger partial charge in [0.2, 0.25) is 5.17 Å². The average Bonchev–Trinajstić information content (AvgIpc) is 3.51. The molecule has 2 aromatic carbocycles. The largest absolute Gasteiger partial charge is 0.489 e. The molecule has 1 aromatic heterocycles. The number of thioether (sulfide) groups is 1. The number of nitro benzene ring substituents is 1. The third kappa shape index (κ3) is 4.24. The van der Waals surface area contributed by atoms with Crippen LogP contribution in [0.3, 0.4) is 0 Å². The maximum absolute atomic E-state index is 12.6. The van der Waals surface area contributed by atoms with E-state index in [4.69, 9.17) is 14.6 Å². The van der Waals surface area contributed by atoms with Crippen LogP contribution in [-0.2, 0) is 11.4 Å². The molecule has 10 nitrogen and oxygen atoms in total. The van der Waals surface area contributed by atoms with Gasteiger partial charge in [-0.05, 0) is 65.4 Å². The Morgan fingerprint density at radius 3 is 2.74 bits per heavy atom. The van der Waals surface area contributed by atoms with Crippen LogP contribution in [0.4, 0.5) is 5.69 Å². The SMILES string of the molecule is N=C1C(=Cc2cccc(OCc3ccc([N+](=O)[O-])cc3)c2)C(=O)N=C2SC(c3ccco3)=NN12. The van der Waals surface area contributed by atoms with E-state index in [1.165, 1.54) is 23.4 Å². The minimum atomic E-state index is -0.531. The Labute approximate surface area is 196 Å². The van der Waals surface area contributed by atoms with E-state index in [1.54, 1.807) is 54.6 Å². The van der Waals surface area contributed by atoms with Crippen LogP contribution < -0.4 is 4.74 Å². The van der Waals surface area contributed by atoms with Gasteiger partial charge < -0.3 is 9.15 Å². The molecule has 0 radical (unpaired) electrons. The molecule has 0 fully saturated rings. The Hall–Kier alpha value is -4.51. The smallest absolute Gasteiger partial charge is 0.283 e. The number of nitrogens with one attached hydrogen (secondary N) is 1. The first-order valence-electron chi connectivity index (χ1n) is 9.98. The fourth-order valence-electron chi connectivity index (χ4n) is 3.23. The van der Waals surface area contributed by atoms with Crippen LogP contribution in [0.2, 0.25) is 0 Å². The lowest BCUT2D eigenvalue weighted by atomic mass is 10.1. The molecule has 0 saturated heterocycles. The maximum atomic E-state index is 12.6. The number of aliphatic imine (C=N–C) groups is 1. The van der Waals surface area contributed by atoms with Gasteiger partial charge in [-0.15, -0.1) is 0 Å². The molecule has 0 aliphatic carbocycles.